The second kappa shape index (κ2) is 6.76. The molecule has 0 radical (unpaired) electrons. The summed E-state index contributed by atoms with van der Waals surface area (Å²) in [4.78, 5) is 0.201. The molecular weight excluding hydrogens is 322 g/mol. The van der Waals surface area contributed by atoms with Gasteiger partial charge in [0.25, 0.3) is 10.0 Å². The molecule has 5 heteroatoms. The van der Waals surface area contributed by atoms with Crippen LogP contribution in [0.25, 0.3) is 0 Å². The van der Waals surface area contributed by atoms with E-state index in [0.29, 0.717) is 5.69 Å². The number of benzene rings is 3. The molecule has 24 heavy (non-hydrogen) atoms. The van der Waals surface area contributed by atoms with Crippen molar-refractivity contribution >= 4 is 15.7 Å². The summed E-state index contributed by atoms with van der Waals surface area (Å²) >= 11 is 0. The Hall–Kier alpha value is -2.79. The molecule has 0 atom stereocenters. The maximum absolute atomic E-state index is 12.4. The average Bonchev–Trinajstić information content (AvgIpc) is 2.58. The molecule has 4 nitrogen and oxygen atoms in total. The predicted molar refractivity (Wildman–Crippen MR) is 94.6 cm³/mol. The van der Waals surface area contributed by atoms with Crippen LogP contribution < -0.4 is 4.72 Å². The first-order chi connectivity index (χ1) is 11.5. The Morgan fingerprint density at radius 3 is 1.96 bits per heavy atom. The van der Waals surface area contributed by atoms with Crippen LogP contribution in [0.4, 0.5) is 5.69 Å². The monoisotopic (exact) mass is 339 g/mol. The smallest absolute Gasteiger partial charge is 0.261 e. The fraction of sp³-hybridized carbons (Fsp3) is 0.0526. The van der Waals surface area contributed by atoms with Gasteiger partial charge in [-0.1, -0.05) is 42.5 Å². The van der Waals surface area contributed by atoms with Gasteiger partial charge in [0, 0.05) is 5.69 Å². The van der Waals surface area contributed by atoms with Crippen molar-refractivity contribution in [1.29, 1.82) is 0 Å². The summed E-state index contributed by atoms with van der Waals surface area (Å²) < 4.78 is 27.3. The van der Waals surface area contributed by atoms with Crippen molar-refractivity contribution in [2.75, 3.05) is 4.72 Å². The zero-order valence-corrected chi connectivity index (χ0v) is 13.7. The lowest BCUT2D eigenvalue weighted by Gasteiger charge is -2.09. The topological polar surface area (TPSA) is 66.4 Å². The molecule has 0 fully saturated rings. The van der Waals surface area contributed by atoms with Gasteiger partial charge in [-0.2, -0.15) is 0 Å². The molecular formula is C19H17NO3S. The summed E-state index contributed by atoms with van der Waals surface area (Å²) in [5.74, 6) is 0.0863. The lowest BCUT2D eigenvalue weighted by atomic mass is 10.1. The molecule has 3 aromatic rings. The molecule has 0 unspecified atom stereocenters. The number of phenolic OH excluding ortho intramolecular Hbond substituents is 1. The zero-order chi connectivity index (χ0) is 17.0. The quantitative estimate of drug-likeness (QED) is 0.695. The zero-order valence-electron chi connectivity index (χ0n) is 12.9. The van der Waals surface area contributed by atoms with Gasteiger partial charge < -0.3 is 5.11 Å². The largest absolute Gasteiger partial charge is 0.508 e. The van der Waals surface area contributed by atoms with Crippen molar-refractivity contribution in [2.24, 2.45) is 0 Å². The molecule has 2 N–H and O–H groups in total. The minimum Gasteiger partial charge on any atom is -0.508 e. The highest BCUT2D eigenvalue weighted by Gasteiger charge is 2.14. The van der Waals surface area contributed by atoms with Gasteiger partial charge >= 0.3 is 0 Å². The molecule has 0 aliphatic rings. The fourth-order valence-corrected chi connectivity index (χ4v) is 3.42. The van der Waals surface area contributed by atoms with E-state index in [2.05, 4.69) is 4.72 Å². The van der Waals surface area contributed by atoms with E-state index in [9.17, 15) is 13.5 Å². The molecule has 0 spiro atoms. The first kappa shape index (κ1) is 16.1. The molecule has 0 aromatic heterocycles. The van der Waals surface area contributed by atoms with Crippen molar-refractivity contribution in [3.05, 3.63) is 90.0 Å². The lowest BCUT2D eigenvalue weighted by Crippen LogP contribution is -2.12. The SMILES string of the molecule is O=S(=O)(Nc1ccc(O)cc1)c1ccc(Cc2ccccc2)cc1. The lowest BCUT2D eigenvalue weighted by molar-refractivity contribution is 0.475. The first-order valence-electron chi connectivity index (χ1n) is 7.48. The van der Waals surface area contributed by atoms with E-state index in [0.717, 1.165) is 12.0 Å². The van der Waals surface area contributed by atoms with E-state index in [4.69, 9.17) is 0 Å². The Morgan fingerprint density at radius 1 is 0.750 bits per heavy atom. The molecule has 0 saturated carbocycles. The van der Waals surface area contributed by atoms with Gasteiger partial charge in [-0.05, 0) is 53.9 Å². The normalized spacial score (nSPS) is 11.2. The van der Waals surface area contributed by atoms with E-state index in [1.807, 2.05) is 42.5 Å². The number of aromatic hydroxyl groups is 1. The van der Waals surface area contributed by atoms with E-state index >= 15 is 0 Å². The fourth-order valence-electron chi connectivity index (χ4n) is 2.36. The molecule has 0 aliphatic carbocycles. The highest BCUT2D eigenvalue weighted by Crippen LogP contribution is 2.19. The van der Waals surface area contributed by atoms with Crippen molar-refractivity contribution in [1.82, 2.24) is 0 Å². The van der Waals surface area contributed by atoms with Crippen molar-refractivity contribution < 1.29 is 13.5 Å². The highest BCUT2D eigenvalue weighted by molar-refractivity contribution is 7.92. The maximum Gasteiger partial charge on any atom is 0.261 e. The van der Waals surface area contributed by atoms with E-state index < -0.39 is 10.0 Å². The van der Waals surface area contributed by atoms with E-state index in [-0.39, 0.29) is 10.6 Å². The van der Waals surface area contributed by atoms with E-state index in [1.165, 1.54) is 29.8 Å². The predicted octanol–water partition coefficient (Wildman–Crippen LogP) is 3.78. The Morgan fingerprint density at radius 2 is 1.33 bits per heavy atom. The molecule has 3 aromatic carbocycles. The number of hydrogen-bond donors (Lipinski definition) is 2. The first-order valence-corrected chi connectivity index (χ1v) is 8.96. The molecule has 3 rings (SSSR count). The van der Waals surface area contributed by atoms with Crippen molar-refractivity contribution in [2.45, 2.75) is 11.3 Å². The molecule has 0 saturated heterocycles. The van der Waals surface area contributed by atoms with Crippen molar-refractivity contribution in [3.8, 4) is 5.75 Å². The van der Waals surface area contributed by atoms with Crippen LogP contribution in [-0.2, 0) is 16.4 Å². The van der Waals surface area contributed by atoms with Crippen LogP contribution in [0.5, 0.6) is 5.75 Å². The maximum atomic E-state index is 12.4. The standard InChI is InChI=1S/C19H17NO3S/c21-18-10-8-17(9-11-18)20-24(22,23)19-12-6-16(7-13-19)14-15-4-2-1-3-5-15/h1-13,20-21H,14H2. The minimum atomic E-state index is -3.65. The minimum absolute atomic E-state index is 0.0863. The number of rotatable bonds is 5. The van der Waals surface area contributed by atoms with Crippen LogP contribution in [0.15, 0.2) is 83.8 Å². The second-order valence-corrected chi connectivity index (χ2v) is 7.14. The molecule has 0 bridgehead atoms. The second-order valence-electron chi connectivity index (χ2n) is 5.46. The third kappa shape index (κ3) is 3.94. The van der Waals surface area contributed by atoms with Gasteiger partial charge in [-0.15, -0.1) is 0 Å². The van der Waals surface area contributed by atoms with Gasteiger partial charge in [0.1, 0.15) is 5.75 Å². The Labute approximate surface area is 141 Å². The van der Waals surface area contributed by atoms with Gasteiger partial charge in [-0.3, -0.25) is 4.72 Å². The summed E-state index contributed by atoms with van der Waals surface area (Å²) in [6, 6.07) is 22.7. The summed E-state index contributed by atoms with van der Waals surface area (Å²) in [7, 11) is -3.65. The average molecular weight is 339 g/mol. The van der Waals surface area contributed by atoms with Crippen LogP contribution in [0.2, 0.25) is 0 Å². The summed E-state index contributed by atoms with van der Waals surface area (Å²) in [6.07, 6.45) is 0.757. The summed E-state index contributed by atoms with van der Waals surface area (Å²) in [5.41, 5.74) is 2.63. The third-order valence-electron chi connectivity index (χ3n) is 3.60. The van der Waals surface area contributed by atoms with Gasteiger partial charge in [0.05, 0.1) is 4.90 Å². The van der Waals surface area contributed by atoms with Crippen LogP contribution in [-0.4, -0.2) is 13.5 Å². The van der Waals surface area contributed by atoms with E-state index in [1.54, 1.807) is 12.1 Å². The van der Waals surface area contributed by atoms with Crippen LogP contribution in [0.3, 0.4) is 0 Å². The molecule has 0 amide bonds. The van der Waals surface area contributed by atoms with Gasteiger partial charge in [-0.25, -0.2) is 8.42 Å². The third-order valence-corrected chi connectivity index (χ3v) is 5.00. The highest BCUT2D eigenvalue weighted by atomic mass is 32.2. The van der Waals surface area contributed by atoms with Gasteiger partial charge in [0.15, 0.2) is 0 Å². The Kier molecular flexibility index (Phi) is 4.53. The van der Waals surface area contributed by atoms with Gasteiger partial charge in [0.2, 0.25) is 0 Å². The van der Waals surface area contributed by atoms with Crippen LogP contribution >= 0.6 is 0 Å². The molecule has 0 heterocycles. The number of sulfonamides is 1. The molecule has 122 valence electrons. The Bertz CT molecular complexity index is 903. The molecule has 0 aliphatic heterocycles. The number of anilines is 1. The van der Waals surface area contributed by atoms with Crippen molar-refractivity contribution in [3.63, 3.8) is 0 Å². The number of phenols is 1. The summed E-state index contributed by atoms with van der Waals surface area (Å²) in [5, 5.41) is 9.25. The Balaban J connectivity index is 1.75. The van der Waals surface area contributed by atoms with Crippen LogP contribution in [0.1, 0.15) is 11.1 Å². The summed E-state index contributed by atoms with van der Waals surface area (Å²) in [6.45, 7) is 0. The number of nitrogens with one attached hydrogen (secondary N) is 1. The van der Waals surface area contributed by atoms with Crippen LogP contribution in [0, 0.1) is 0 Å². The number of hydrogen-bond acceptors (Lipinski definition) is 3.